The van der Waals surface area contributed by atoms with Gasteiger partial charge < -0.3 is 14.5 Å². The number of rotatable bonds is 4. The van der Waals surface area contributed by atoms with Crippen LogP contribution in [0.4, 0.5) is 0 Å². The zero-order valence-electron chi connectivity index (χ0n) is 14.7. The molecule has 0 unspecified atom stereocenters. The highest BCUT2D eigenvalue weighted by Gasteiger charge is 2.16. The van der Waals surface area contributed by atoms with Crippen LogP contribution in [0.2, 0.25) is 5.02 Å². The Labute approximate surface area is 183 Å². The smallest absolute Gasteiger partial charge is 0.271 e. The summed E-state index contributed by atoms with van der Waals surface area (Å²) in [6.07, 6.45) is 0. The Morgan fingerprint density at radius 2 is 2.00 bits per heavy atom. The van der Waals surface area contributed by atoms with Crippen LogP contribution in [-0.2, 0) is 5.75 Å². The van der Waals surface area contributed by atoms with E-state index in [9.17, 15) is 4.79 Å². The number of ether oxygens (including phenoxy) is 2. The number of thiazole rings is 1. The van der Waals surface area contributed by atoms with Gasteiger partial charge in [-0.2, -0.15) is 0 Å². The topological polar surface area (TPSA) is 69.1 Å². The number of nitrogens with zero attached hydrogens (tertiary/aromatic N) is 2. The highest BCUT2D eigenvalue weighted by Crippen LogP contribution is 2.34. The molecule has 0 saturated carbocycles. The van der Waals surface area contributed by atoms with Crippen molar-refractivity contribution in [3.63, 3.8) is 0 Å². The van der Waals surface area contributed by atoms with Gasteiger partial charge >= 0.3 is 0 Å². The normalized spacial score (nSPS) is 12.6. The van der Waals surface area contributed by atoms with Crippen molar-refractivity contribution in [2.45, 2.75) is 10.9 Å². The van der Waals surface area contributed by atoms with Crippen molar-refractivity contribution in [1.82, 2.24) is 14.5 Å². The van der Waals surface area contributed by atoms with Crippen molar-refractivity contribution in [3.05, 3.63) is 67.4 Å². The van der Waals surface area contributed by atoms with Gasteiger partial charge in [0.15, 0.2) is 26.3 Å². The van der Waals surface area contributed by atoms with Crippen LogP contribution in [0, 0.1) is 3.95 Å². The van der Waals surface area contributed by atoms with E-state index in [4.69, 9.17) is 33.3 Å². The average Bonchev–Trinajstić information content (AvgIpc) is 3.31. The molecule has 1 aliphatic rings. The summed E-state index contributed by atoms with van der Waals surface area (Å²) < 4.78 is 13.6. The Morgan fingerprint density at radius 3 is 2.83 bits per heavy atom. The van der Waals surface area contributed by atoms with Crippen molar-refractivity contribution >= 4 is 57.3 Å². The fraction of sp³-hybridized carbons (Fsp3) is 0.105. The van der Waals surface area contributed by atoms with Crippen LogP contribution in [-0.4, -0.2) is 21.3 Å². The van der Waals surface area contributed by atoms with Crippen molar-refractivity contribution in [1.29, 1.82) is 0 Å². The molecular weight excluding hydrogens is 450 g/mol. The van der Waals surface area contributed by atoms with Gasteiger partial charge in [-0.25, -0.2) is 4.98 Å². The maximum Gasteiger partial charge on any atom is 0.271 e. The van der Waals surface area contributed by atoms with Crippen LogP contribution in [0.15, 0.2) is 52.4 Å². The fourth-order valence-electron chi connectivity index (χ4n) is 2.96. The van der Waals surface area contributed by atoms with Gasteiger partial charge in [0.05, 0.1) is 0 Å². The monoisotopic (exact) mass is 461 g/mol. The van der Waals surface area contributed by atoms with Gasteiger partial charge in [0, 0.05) is 16.5 Å². The van der Waals surface area contributed by atoms with Gasteiger partial charge in [-0.3, -0.25) is 9.36 Å². The fourth-order valence-corrected chi connectivity index (χ4v) is 5.16. The molecule has 10 heteroatoms. The number of aromatic amines is 1. The molecule has 0 bridgehead atoms. The number of hydrogen-bond donors (Lipinski definition) is 1. The molecule has 0 aliphatic carbocycles. The summed E-state index contributed by atoms with van der Waals surface area (Å²) in [5.74, 6) is 2.10. The highest BCUT2D eigenvalue weighted by molar-refractivity contribution is 7.98. The lowest BCUT2D eigenvalue weighted by Crippen LogP contribution is -2.09. The van der Waals surface area contributed by atoms with E-state index in [0.29, 0.717) is 30.2 Å². The van der Waals surface area contributed by atoms with E-state index in [1.807, 2.05) is 30.3 Å². The van der Waals surface area contributed by atoms with Crippen LogP contribution in [0.1, 0.15) is 5.56 Å². The SMILES string of the molecule is O=c1[nH]c(SCc2ccc3c(c2)OCO3)nc2c1sc(=S)n2-c1ccc(Cl)cc1. The number of nitrogens with one attached hydrogen (secondary N) is 1. The maximum absolute atomic E-state index is 12.6. The third-order valence-corrected chi connectivity index (χ3v) is 6.88. The lowest BCUT2D eigenvalue weighted by Gasteiger charge is -2.06. The quantitative estimate of drug-likeness (QED) is 0.256. The van der Waals surface area contributed by atoms with Gasteiger partial charge in [-0.1, -0.05) is 40.8 Å². The summed E-state index contributed by atoms with van der Waals surface area (Å²) in [6.45, 7) is 0.240. The van der Waals surface area contributed by atoms with E-state index < -0.39 is 0 Å². The van der Waals surface area contributed by atoms with Gasteiger partial charge in [0.2, 0.25) is 6.79 Å². The molecule has 1 N–H and O–H groups in total. The van der Waals surface area contributed by atoms with Crippen molar-refractivity contribution < 1.29 is 9.47 Å². The maximum atomic E-state index is 12.6. The Balaban J connectivity index is 1.50. The van der Waals surface area contributed by atoms with Crippen molar-refractivity contribution in [2.75, 3.05) is 6.79 Å². The van der Waals surface area contributed by atoms with E-state index >= 15 is 0 Å². The molecule has 2 aromatic heterocycles. The largest absolute Gasteiger partial charge is 0.454 e. The first-order chi connectivity index (χ1) is 14.1. The predicted octanol–water partition coefficient (Wildman–Crippen LogP) is 5.18. The number of halogens is 1. The first-order valence-electron chi connectivity index (χ1n) is 8.51. The number of benzene rings is 2. The van der Waals surface area contributed by atoms with Gasteiger partial charge in [-0.15, -0.1) is 0 Å². The molecule has 29 heavy (non-hydrogen) atoms. The van der Waals surface area contributed by atoms with Crippen LogP contribution in [0.25, 0.3) is 16.0 Å². The second-order valence-electron chi connectivity index (χ2n) is 6.18. The Kier molecular flexibility index (Phi) is 4.83. The molecule has 0 radical (unpaired) electrons. The number of hydrogen-bond acceptors (Lipinski definition) is 7. The molecule has 0 fully saturated rings. The number of fused-ring (bicyclic) bond motifs is 2. The lowest BCUT2D eigenvalue weighted by atomic mass is 10.2. The average molecular weight is 462 g/mol. The summed E-state index contributed by atoms with van der Waals surface area (Å²) >= 11 is 14.2. The van der Waals surface area contributed by atoms with Crippen LogP contribution in [0.3, 0.4) is 0 Å². The predicted molar refractivity (Wildman–Crippen MR) is 118 cm³/mol. The third-order valence-electron chi connectivity index (χ3n) is 4.32. The summed E-state index contributed by atoms with van der Waals surface area (Å²) in [7, 11) is 0. The Bertz CT molecular complexity index is 1350. The Morgan fingerprint density at radius 1 is 1.21 bits per heavy atom. The summed E-state index contributed by atoms with van der Waals surface area (Å²) in [5.41, 5.74) is 2.20. The molecule has 0 saturated heterocycles. The number of aromatic nitrogens is 3. The Hall–Kier alpha value is -2.33. The number of H-pyrrole nitrogens is 1. The van der Waals surface area contributed by atoms with E-state index in [1.165, 1.54) is 23.1 Å². The minimum absolute atomic E-state index is 0.202. The minimum atomic E-state index is -0.202. The summed E-state index contributed by atoms with van der Waals surface area (Å²) in [4.78, 5) is 20.1. The zero-order valence-corrected chi connectivity index (χ0v) is 17.9. The van der Waals surface area contributed by atoms with E-state index in [0.717, 1.165) is 22.7 Å². The first kappa shape index (κ1) is 18.7. The molecule has 0 spiro atoms. The van der Waals surface area contributed by atoms with E-state index in [-0.39, 0.29) is 12.4 Å². The molecule has 4 aromatic rings. The van der Waals surface area contributed by atoms with Crippen LogP contribution >= 0.6 is 46.9 Å². The molecule has 146 valence electrons. The van der Waals surface area contributed by atoms with Gasteiger partial charge in [0.1, 0.15) is 4.70 Å². The van der Waals surface area contributed by atoms with Crippen LogP contribution < -0.4 is 15.0 Å². The molecule has 5 rings (SSSR count). The third kappa shape index (κ3) is 3.55. The molecule has 0 amide bonds. The second-order valence-corrected chi connectivity index (χ2v) is 9.22. The summed E-state index contributed by atoms with van der Waals surface area (Å²) in [6, 6.07) is 13.1. The van der Waals surface area contributed by atoms with Crippen molar-refractivity contribution in [3.8, 4) is 17.2 Å². The molecule has 6 nitrogen and oxygen atoms in total. The molecule has 0 atom stereocenters. The molecule has 3 heterocycles. The van der Waals surface area contributed by atoms with E-state index in [1.54, 1.807) is 16.7 Å². The van der Waals surface area contributed by atoms with Crippen molar-refractivity contribution in [2.24, 2.45) is 0 Å². The van der Waals surface area contributed by atoms with Crippen LogP contribution in [0.5, 0.6) is 11.5 Å². The lowest BCUT2D eigenvalue weighted by molar-refractivity contribution is 0.174. The summed E-state index contributed by atoms with van der Waals surface area (Å²) in [5, 5.41) is 1.15. The minimum Gasteiger partial charge on any atom is -0.454 e. The molecular formula is C19H12ClN3O3S3. The van der Waals surface area contributed by atoms with Gasteiger partial charge in [-0.05, 0) is 54.2 Å². The number of thioether (sulfide) groups is 1. The van der Waals surface area contributed by atoms with E-state index in [2.05, 4.69) is 9.97 Å². The zero-order chi connectivity index (χ0) is 20.0. The molecule has 2 aromatic carbocycles. The standard InChI is InChI=1S/C19H12ClN3O3S3/c20-11-2-4-12(5-3-11)23-16-15(29-19(23)27)17(24)22-18(21-16)28-8-10-1-6-13-14(7-10)26-9-25-13/h1-7H,8-9H2,(H,21,22,24). The first-order valence-corrected chi connectivity index (χ1v) is 11.1. The second kappa shape index (κ2) is 7.49. The highest BCUT2D eigenvalue weighted by atomic mass is 35.5. The van der Waals surface area contributed by atoms with Gasteiger partial charge in [0.25, 0.3) is 5.56 Å². The molecule has 1 aliphatic heterocycles.